The van der Waals surface area contributed by atoms with Gasteiger partial charge >= 0.3 is 0 Å². The van der Waals surface area contributed by atoms with Crippen LogP contribution in [0.4, 0.5) is 0 Å². The summed E-state index contributed by atoms with van der Waals surface area (Å²) in [6.07, 6.45) is 8.84. The molecule has 0 spiro atoms. The van der Waals surface area contributed by atoms with E-state index in [1.807, 2.05) is 0 Å². The first kappa shape index (κ1) is 9.99. The second-order valence-corrected chi connectivity index (χ2v) is 7.13. The third-order valence-electron chi connectivity index (χ3n) is 2.06. The number of hydrogen-bond donors (Lipinski definition) is 0. The number of rotatable bonds is 3. The van der Waals surface area contributed by atoms with E-state index >= 15 is 0 Å². The molecule has 1 aliphatic carbocycles. The fraction of sp³-hybridized carbons (Fsp3) is 0.545. The lowest BCUT2D eigenvalue weighted by Gasteiger charge is -2.26. The van der Waals surface area contributed by atoms with Crippen molar-refractivity contribution >= 4 is 7.92 Å². The van der Waals surface area contributed by atoms with Gasteiger partial charge in [0.1, 0.15) is 0 Å². The van der Waals surface area contributed by atoms with Crippen LogP contribution in [0.5, 0.6) is 0 Å². The van der Waals surface area contributed by atoms with Gasteiger partial charge in [-0.25, -0.2) is 0 Å². The van der Waals surface area contributed by atoms with Crippen molar-refractivity contribution in [1.29, 1.82) is 0 Å². The van der Waals surface area contributed by atoms with Crippen LogP contribution in [0.1, 0.15) is 27.7 Å². The van der Waals surface area contributed by atoms with E-state index in [-0.39, 0.29) is 7.92 Å². The van der Waals surface area contributed by atoms with Crippen molar-refractivity contribution in [2.45, 2.75) is 39.0 Å². The molecule has 1 aliphatic rings. The molecule has 0 nitrogen and oxygen atoms in total. The number of allylic oxidation sites excluding steroid dienone is 4. The highest BCUT2D eigenvalue weighted by Gasteiger charge is 2.21. The fourth-order valence-corrected chi connectivity index (χ4v) is 4.63. The zero-order valence-electron chi connectivity index (χ0n) is 8.41. The van der Waals surface area contributed by atoms with E-state index in [9.17, 15) is 0 Å². The van der Waals surface area contributed by atoms with E-state index in [1.54, 1.807) is 5.31 Å². The lowest BCUT2D eigenvalue weighted by molar-refractivity contribution is 1.01. The predicted molar refractivity (Wildman–Crippen MR) is 58.7 cm³/mol. The van der Waals surface area contributed by atoms with Crippen LogP contribution in [0.25, 0.3) is 0 Å². The van der Waals surface area contributed by atoms with E-state index in [0.29, 0.717) is 0 Å². The highest BCUT2D eigenvalue weighted by molar-refractivity contribution is 7.63. The largest absolute Gasteiger partial charge is 0.0760 e. The summed E-state index contributed by atoms with van der Waals surface area (Å²) in [5, 5.41) is 1.56. The van der Waals surface area contributed by atoms with Crippen molar-refractivity contribution in [3.05, 3.63) is 30.0 Å². The van der Waals surface area contributed by atoms with Gasteiger partial charge in [0.15, 0.2) is 0 Å². The highest BCUT2D eigenvalue weighted by Crippen LogP contribution is 2.55. The molecule has 12 heavy (non-hydrogen) atoms. The Bertz CT molecular complexity index is 191. The Hall–Kier alpha value is -0.0900. The maximum Gasteiger partial charge on any atom is 0.0130 e. The molecule has 0 aromatic heterocycles. The van der Waals surface area contributed by atoms with E-state index in [1.165, 1.54) is 0 Å². The Morgan fingerprint density at radius 3 is 1.92 bits per heavy atom. The second kappa shape index (κ2) is 4.23. The Balaban J connectivity index is 2.66. The summed E-state index contributed by atoms with van der Waals surface area (Å²) < 4.78 is 0. The van der Waals surface area contributed by atoms with Crippen LogP contribution in [-0.2, 0) is 0 Å². The molecule has 0 aliphatic heterocycles. The van der Waals surface area contributed by atoms with Crippen LogP contribution in [-0.4, -0.2) is 11.3 Å². The first-order valence-electron chi connectivity index (χ1n) is 4.63. The third-order valence-corrected chi connectivity index (χ3v) is 5.18. The van der Waals surface area contributed by atoms with Gasteiger partial charge in [-0.15, -0.1) is 0 Å². The molecule has 0 heterocycles. The summed E-state index contributed by atoms with van der Waals surface area (Å²) in [4.78, 5) is 0. The summed E-state index contributed by atoms with van der Waals surface area (Å²) in [5.41, 5.74) is 1.62. The van der Waals surface area contributed by atoms with E-state index in [0.717, 1.165) is 11.3 Å². The lowest BCUT2D eigenvalue weighted by Crippen LogP contribution is -2.04. The average molecular weight is 181 g/mol. The molecule has 1 heteroatoms. The topological polar surface area (TPSA) is 0 Å². The number of hydrogen-bond acceptors (Lipinski definition) is 0. The lowest BCUT2D eigenvalue weighted by atomic mass is 10.5. The van der Waals surface area contributed by atoms with Gasteiger partial charge in [0, 0.05) is 6.42 Å². The molecule has 0 saturated heterocycles. The van der Waals surface area contributed by atoms with Crippen LogP contribution < -0.4 is 0 Å². The average Bonchev–Trinajstić information content (AvgIpc) is 2.37. The maximum absolute atomic E-state index is 2.33. The van der Waals surface area contributed by atoms with Crippen LogP contribution in [0.15, 0.2) is 23.5 Å². The van der Waals surface area contributed by atoms with Gasteiger partial charge in [0.25, 0.3) is 0 Å². The maximum atomic E-state index is 2.33. The van der Waals surface area contributed by atoms with Crippen molar-refractivity contribution in [1.82, 2.24) is 0 Å². The van der Waals surface area contributed by atoms with Gasteiger partial charge in [0.2, 0.25) is 0 Å². The van der Waals surface area contributed by atoms with Crippen molar-refractivity contribution < 1.29 is 0 Å². The molecule has 0 saturated carbocycles. The van der Waals surface area contributed by atoms with Gasteiger partial charge in [-0.05, 0) is 16.6 Å². The first-order chi connectivity index (χ1) is 5.63. The van der Waals surface area contributed by atoms with Crippen LogP contribution in [0, 0.1) is 6.42 Å². The molecule has 0 atom stereocenters. The molecule has 1 radical (unpaired) electrons. The first-order valence-corrected chi connectivity index (χ1v) is 6.11. The molecule has 0 aromatic rings. The van der Waals surface area contributed by atoms with Crippen LogP contribution in [0.3, 0.4) is 0 Å². The van der Waals surface area contributed by atoms with Gasteiger partial charge in [-0.2, -0.15) is 0 Å². The molecule has 0 aromatic carbocycles. The van der Waals surface area contributed by atoms with E-state index < -0.39 is 0 Å². The van der Waals surface area contributed by atoms with Crippen molar-refractivity contribution in [2.75, 3.05) is 0 Å². The Kier molecular flexibility index (Phi) is 3.53. The van der Waals surface area contributed by atoms with Crippen molar-refractivity contribution in [3.8, 4) is 0 Å². The smallest absolute Gasteiger partial charge is 0.0130 e. The summed E-state index contributed by atoms with van der Waals surface area (Å²) in [7, 11) is 0.0633. The minimum atomic E-state index is 0.0633. The minimum absolute atomic E-state index is 0.0633. The molecule has 0 fully saturated rings. The monoisotopic (exact) mass is 181 g/mol. The van der Waals surface area contributed by atoms with Crippen molar-refractivity contribution in [2.24, 2.45) is 0 Å². The Morgan fingerprint density at radius 2 is 1.58 bits per heavy atom. The van der Waals surface area contributed by atoms with Crippen molar-refractivity contribution in [3.63, 3.8) is 0 Å². The zero-order chi connectivity index (χ0) is 9.14. The van der Waals surface area contributed by atoms with Gasteiger partial charge in [-0.3, -0.25) is 0 Å². The summed E-state index contributed by atoms with van der Waals surface area (Å²) in [6, 6.07) is 0. The van der Waals surface area contributed by atoms with E-state index in [2.05, 4.69) is 52.3 Å². The normalized spacial score (nSPS) is 16.8. The summed E-state index contributed by atoms with van der Waals surface area (Å²) >= 11 is 0. The van der Waals surface area contributed by atoms with Crippen LogP contribution >= 0.6 is 7.92 Å². The molecular formula is C11H18P. The molecule has 67 valence electrons. The summed E-state index contributed by atoms with van der Waals surface area (Å²) in [6.45, 7) is 9.33. The fourth-order valence-electron chi connectivity index (χ4n) is 1.73. The zero-order valence-corrected chi connectivity index (χ0v) is 9.31. The third kappa shape index (κ3) is 2.20. The molecular weight excluding hydrogens is 163 g/mol. The molecule has 0 unspecified atom stereocenters. The standard InChI is InChI=1S/C11H18P/c1-9(2)12(10(3)4)11-7-5-6-8-11/h5-10H,1-4H3. The van der Waals surface area contributed by atoms with Gasteiger partial charge in [-0.1, -0.05) is 53.8 Å². The van der Waals surface area contributed by atoms with Gasteiger partial charge < -0.3 is 0 Å². The Labute approximate surface area is 77.5 Å². The molecule has 1 rings (SSSR count). The highest BCUT2D eigenvalue weighted by atomic mass is 31.1. The molecule has 0 amide bonds. The molecule has 0 bridgehead atoms. The van der Waals surface area contributed by atoms with Crippen LogP contribution in [0.2, 0.25) is 0 Å². The Morgan fingerprint density at radius 1 is 1.00 bits per heavy atom. The second-order valence-electron chi connectivity index (χ2n) is 3.74. The molecule has 0 N–H and O–H groups in total. The van der Waals surface area contributed by atoms with E-state index in [4.69, 9.17) is 0 Å². The van der Waals surface area contributed by atoms with Gasteiger partial charge in [0.05, 0.1) is 0 Å². The predicted octanol–water partition coefficient (Wildman–Crippen LogP) is 3.94. The quantitative estimate of drug-likeness (QED) is 0.578. The SMILES string of the molecule is CC(C)P(C1=CC=C[CH]1)C(C)C. The summed E-state index contributed by atoms with van der Waals surface area (Å²) in [5.74, 6) is 0. The minimum Gasteiger partial charge on any atom is -0.0760 e.